The van der Waals surface area contributed by atoms with Gasteiger partial charge in [0, 0.05) is 0 Å². The number of aryl methyl sites for hydroxylation is 1. The maximum Gasteiger partial charge on any atom is 0.395 e. The van der Waals surface area contributed by atoms with Crippen molar-refractivity contribution in [3.63, 3.8) is 0 Å². The number of hydrogen-bond donors (Lipinski definition) is 0. The molecule has 1 unspecified atom stereocenters. The minimum Gasteiger partial charge on any atom is -0.170 e. The van der Waals surface area contributed by atoms with E-state index in [-0.39, 0.29) is 6.42 Å². The second kappa shape index (κ2) is 5.91. The lowest BCUT2D eigenvalue weighted by molar-refractivity contribution is -0.151. The van der Waals surface area contributed by atoms with Gasteiger partial charge in [-0.05, 0) is 24.0 Å². The topological polar surface area (TPSA) is 0 Å². The molecule has 19 heavy (non-hydrogen) atoms. The highest BCUT2D eigenvalue weighted by molar-refractivity contribution is 5.22. The van der Waals surface area contributed by atoms with E-state index < -0.39 is 12.1 Å². The van der Waals surface area contributed by atoms with Gasteiger partial charge in [-0.3, -0.25) is 0 Å². The normalized spacial score (nSPS) is 13.2. The highest BCUT2D eigenvalue weighted by Gasteiger charge is 2.39. The van der Waals surface area contributed by atoms with Crippen LogP contribution in [0.5, 0.6) is 0 Å². The van der Waals surface area contributed by atoms with E-state index in [1.807, 2.05) is 30.3 Å². The van der Waals surface area contributed by atoms with E-state index >= 15 is 0 Å². The Balaban J connectivity index is 2.12. The third-order valence-electron chi connectivity index (χ3n) is 3.16. The van der Waals surface area contributed by atoms with Gasteiger partial charge in [0.2, 0.25) is 0 Å². The van der Waals surface area contributed by atoms with Gasteiger partial charge in [-0.2, -0.15) is 13.2 Å². The van der Waals surface area contributed by atoms with Crippen LogP contribution >= 0.6 is 0 Å². The first-order chi connectivity index (χ1) is 9.07. The zero-order valence-electron chi connectivity index (χ0n) is 10.4. The predicted molar refractivity (Wildman–Crippen MR) is 70.0 cm³/mol. The number of rotatable bonds is 4. The first-order valence-electron chi connectivity index (χ1n) is 6.23. The van der Waals surface area contributed by atoms with Crippen LogP contribution in [-0.4, -0.2) is 6.18 Å². The second-order valence-corrected chi connectivity index (χ2v) is 4.53. The average Bonchev–Trinajstić information content (AvgIpc) is 2.40. The van der Waals surface area contributed by atoms with E-state index in [1.54, 1.807) is 30.3 Å². The van der Waals surface area contributed by atoms with Crippen LogP contribution in [-0.2, 0) is 6.42 Å². The Morgan fingerprint density at radius 3 is 1.84 bits per heavy atom. The molecule has 0 fully saturated rings. The van der Waals surface area contributed by atoms with E-state index in [0.717, 1.165) is 5.56 Å². The summed E-state index contributed by atoms with van der Waals surface area (Å²) in [5, 5.41) is 0. The highest BCUT2D eigenvalue weighted by Crippen LogP contribution is 2.38. The number of alkyl halides is 3. The van der Waals surface area contributed by atoms with Crippen molar-refractivity contribution in [2.24, 2.45) is 0 Å². The average molecular weight is 264 g/mol. The minimum atomic E-state index is -4.20. The van der Waals surface area contributed by atoms with Crippen molar-refractivity contribution in [1.82, 2.24) is 0 Å². The lowest BCUT2D eigenvalue weighted by Crippen LogP contribution is -2.21. The quantitative estimate of drug-likeness (QED) is 0.731. The lowest BCUT2D eigenvalue weighted by atomic mass is 9.92. The third kappa shape index (κ3) is 3.85. The van der Waals surface area contributed by atoms with E-state index in [0.29, 0.717) is 12.0 Å². The number of hydrogen-bond acceptors (Lipinski definition) is 0. The van der Waals surface area contributed by atoms with Crippen LogP contribution in [0.1, 0.15) is 23.5 Å². The van der Waals surface area contributed by atoms with E-state index in [4.69, 9.17) is 0 Å². The molecule has 1 atom stereocenters. The smallest absolute Gasteiger partial charge is 0.170 e. The predicted octanol–water partition coefficient (Wildman–Crippen LogP) is 4.97. The number of benzene rings is 2. The minimum absolute atomic E-state index is 0.0809. The molecule has 0 spiro atoms. The molecular weight excluding hydrogens is 249 g/mol. The van der Waals surface area contributed by atoms with E-state index in [1.165, 1.54) is 0 Å². The fraction of sp³-hybridized carbons (Fsp3) is 0.250. The molecule has 0 saturated carbocycles. The lowest BCUT2D eigenvalue weighted by Gasteiger charge is -2.20. The summed E-state index contributed by atoms with van der Waals surface area (Å²) in [5.41, 5.74) is 1.28. The zero-order chi connectivity index (χ0) is 13.7. The summed E-state index contributed by atoms with van der Waals surface area (Å²) in [6.07, 6.45) is -3.69. The Morgan fingerprint density at radius 2 is 1.32 bits per heavy atom. The molecule has 0 radical (unpaired) electrons. The molecule has 2 rings (SSSR count). The van der Waals surface area contributed by atoms with Gasteiger partial charge in [0.25, 0.3) is 0 Å². The summed E-state index contributed by atoms with van der Waals surface area (Å²) in [5.74, 6) is -1.39. The van der Waals surface area contributed by atoms with Crippen LogP contribution in [0.2, 0.25) is 0 Å². The Bertz CT molecular complexity index is 488. The van der Waals surface area contributed by atoms with Gasteiger partial charge in [0.05, 0.1) is 5.92 Å². The monoisotopic (exact) mass is 264 g/mol. The third-order valence-corrected chi connectivity index (χ3v) is 3.16. The van der Waals surface area contributed by atoms with E-state index in [2.05, 4.69) is 0 Å². The summed E-state index contributed by atoms with van der Waals surface area (Å²) >= 11 is 0. The maximum atomic E-state index is 13.1. The SMILES string of the molecule is FC(F)(F)C(CCc1ccccc1)c1ccccc1. The molecule has 0 aromatic heterocycles. The molecule has 0 aliphatic carbocycles. The standard InChI is InChI=1S/C16H15F3/c17-16(18,19)15(14-9-5-2-6-10-14)12-11-13-7-3-1-4-8-13/h1-10,15H,11-12H2. The Hall–Kier alpha value is -1.77. The first kappa shape index (κ1) is 13.7. The van der Waals surface area contributed by atoms with Crippen molar-refractivity contribution in [3.05, 3.63) is 71.8 Å². The maximum absolute atomic E-state index is 13.1. The van der Waals surface area contributed by atoms with Crippen molar-refractivity contribution in [2.75, 3.05) is 0 Å². The van der Waals surface area contributed by atoms with Crippen LogP contribution < -0.4 is 0 Å². The van der Waals surface area contributed by atoms with Crippen LogP contribution in [0.25, 0.3) is 0 Å². The van der Waals surface area contributed by atoms with Gasteiger partial charge in [0.1, 0.15) is 0 Å². The summed E-state index contributed by atoms with van der Waals surface area (Å²) in [6.45, 7) is 0. The summed E-state index contributed by atoms with van der Waals surface area (Å²) in [6, 6.07) is 17.4. The highest BCUT2D eigenvalue weighted by atomic mass is 19.4. The fourth-order valence-electron chi connectivity index (χ4n) is 2.16. The molecule has 0 amide bonds. The first-order valence-corrected chi connectivity index (χ1v) is 6.23. The molecule has 0 heterocycles. The molecule has 2 aromatic rings. The largest absolute Gasteiger partial charge is 0.395 e. The molecule has 0 aliphatic heterocycles. The van der Waals surface area contributed by atoms with E-state index in [9.17, 15) is 13.2 Å². The van der Waals surface area contributed by atoms with Gasteiger partial charge < -0.3 is 0 Å². The molecule has 2 aromatic carbocycles. The molecular formula is C16H15F3. The molecule has 3 heteroatoms. The Kier molecular flexibility index (Phi) is 4.25. The second-order valence-electron chi connectivity index (χ2n) is 4.53. The molecule has 0 aliphatic rings. The van der Waals surface area contributed by atoms with Crippen LogP contribution in [0.3, 0.4) is 0 Å². The zero-order valence-corrected chi connectivity index (χ0v) is 10.4. The van der Waals surface area contributed by atoms with Gasteiger partial charge in [-0.25, -0.2) is 0 Å². The molecule has 0 bridgehead atoms. The summed E-state index contributed by atoms with van der Waals surface area (Å²) < 4.78 is 39.3. The van der Waals surface area contributed by atoms with Crippen molar-refractivity contribution in [3.8, 4) is 0 Å². The fourth-order valence-corrected chi connectivity index (χ4v) is 2.16. The molecule has 0 nitrogen and oxygen atoms in total. The molecule has 0 N–H and O–H groups in total. The van der Waals surface area contributed by atoms with Gasteiger partial charge >= 0.3 is 6.18 Å². The van der Waals surface area contributed by atoms with Crippen LogP contribution in [0.4, 0.5) is 13.2 Å². The molecule has 100 valence electrons. The van der Waals surface area contributed by atoms with Gasteiger partial charge in [0.15, 0.2) is 0 Å². The van der Waals surface area contributed by atoms with Crippen molar-refractivity contribution in [2.45, 2.75) is 24.9 Å². The van der Waals surface area contributed by atoms with Gasteiger partial charge in [-0.1, -0.05) is 60.7 Å². The summed E-state index contributed by atoms with van der Waals surface area (Å²) in [4.78, 5) is 0. The molecule has 0 saturated heterocycles. The van der Waals surface area contributed by atoms with Gasteiger partial charge in [-0.15, -0.1) is 0 Å². The van der Waals surface area contributed by atoms with Crippen LogP contribution in [0, 0.1) is 0 Å². The number of halogens is 3. The summed E-state index contributed by atoms with van der Waals surface area (Å²) in [7, 11) is 0. The van der Waals surface area contributed by atoms with Crippen LogP contribution in [0.15, 0.2) is 60.7 Å². The Labute approximate surface area is 110 Å². The Morgan fingerprint density at radius 1 is 0.789 bits per heavy atom. The van der Waals surface area contributed by atoms with Crippen molar-refractivity contribution >= 4 is 0 Å². The van der Waals surface area contributed by atoms with Crippen molar-refractivity contribution < 1.29 is 13.2 Å². The van der Waals surface area contributed by atoms with Crippen molar-refractivity contribution in [1.29, 1.82) is 0 Å².